The van der Waals surface area contributed by atoms with Crippen LogP contribution in [-0.2, 0) is 0 Å². The summed E-state index contributed by atoms with van der Waals surface area (Å²) in [6.45, 7) is 4.07. The van der Waals surface area contributed by atoms with E-state index in [4.69, 9.17) is 5.21 Å². The SMILES string of the molecule is CC(=NO)C(c1ccccc1)N1CCCCC1. The molecule has 1 atom stereocenters. The highest BCUT2D eigenvalue weighted by Crippen LogP contribution is 2.25. The van der Waals surface area contributed by atoms with Crippen molar-refractivity contribution in [2.24, 2.45) is 5.16 Å². The fraction of sp³-hybridized carbons (Fsp3) is 0.500. The van der Waals surface area contributed by atoms with Crippen LogP contribution < -0.4 is 0 Å². The molecule has 1 unspecified atom stereocenters. The molecule has 1 aliphatic rings. The molecule has 1 heterocycles. The molecule has 0 spiro atoms. The molecule has 1 fully saturated rings. The molecule has 0 amide bonds. The molecule has 0 saturated carbocycles. The van der Waals surface area contributed by atoms with Gasteiger partial charge in [0, 0.05) is 0 Å². The van der Waals surface area contributed by atoms with Crippen molar-refractivity contribution in [1.29, 1.82) is 0 Å². The smallest absolute Gasteiger partial charge is 0.0767 e. The first-order chi connectivity index (χ1) is 8.33. The fourth-order valence-corrected chi connectivity index (χ4v) is 2.58. The number of nitrogens with zero attached hydrogens (tertiary/aromatic N) is 2. The third kappa shape index (κ3) is 2.86. The summed E-state index contributed by atoms with van der Waals surface area (Å²) in [5.41, 5.74) is 1.99. The van der Waals surface area contributed by atoms with Crippen LogP contribution in [0.25, 0.3) is 0 Å². The Bertz CT molecular complexity index is 369. The van der Waals surface area contributed by atoms with Crippen LogP contribution in [0.3, 0.4) is 0 Å². The van der Waals surface area contributed by atoms with E-state index in [0.717, 1.165) is 18.8 Å². The summed E-state index contributed by atoms with van der Waals surface area (Å²) >= 11 is 0. The van der Waals surface area contributed by atoms with Gasteiger partial charge in [-0.3, -0.25) is 4.90 Å². The predicted molar refractivity (Wildman–Crippen MR) is 69.5 cm³/mol. The van der Waals surface area contributed by atoms with Crippen LogP contribution in [0, 0.1) is 0 Å². The van der Waals surface area contributed by atoms with Gasteiger partial charge in [-0.15, -0.1) is 0 Å². The highest BCUT2D eigenvalue weighted by atomic mass is 16.4. The van der Waals surface area contributed by atoms with Crippen molar-refractivity contribution in [2.45, 2.75) is 32.2 Å². The molecule has 1 aromatic carbocycles. The van der Waals surface area contributed by atoms with E-state index >= 15 is 0 Å². The van der Waals surface area contributed by atoms with E-state index in [1.807, 2.05) is 25.1 Å². The van der Waals surface area contributed by atoms with Gasteiger partial charge in [0.2, 0.25) is 0 Å². The number of piperidine rings is 1. The molecule has 1 N–H and O–H groups in total. The first kappa shape index (κ1) is 12.1. The summed E-state index contributed by atoms with van der Waals surface area (Å²) in [5.74, 6) is 0. The van der Waals surface area contributed by atoms with Gasteiger partial charge in [0.05, 0.1) is 11.8 Å². The second-order valence-corrected chi connectivity index (χ2v) is 4.65. The van der Waals surface area contributed by atoms with E-state index in [0.29, 0.717) is 0 Å². The van der Waals surface area contributed by atoms with Gasteiger partial charge in [-0.1, -0.05) is 41.9 Å². The lowest BCUT2D eigenvalue weighted by molar-refractivity contribution is 0.197. The molecule has 0 aliphatic carbocycles. The maximum absolute atomic E-state index is 9.06. The van der Waals surface area contributed by atoms with Crippen LogP contribution in [0.1, 0.15) is 37.8 Å². The summed E-state index contributed by atoms with van der Waals surface area (Å²) in [6.07, 6.45) is 3.79. The Labute approximate surface area is 103 Å². The molecule has 3 nitrogen and oxygen atoms in total. The Morgan fingerprint density at radius 2 is 1.82 bits per heavy atom. The summed E-state index contributed by atoms with van der Waals surface area (Å²) in [5, 5.41) is 12.5. The lowest BCUT2D eigenvalue weighted by atomic mass is 9.98. The quantitative estimate of drug-likeness (QED) is 0.494. The first-order valence-electron chi connectivity index (χ1n) is 6.30. The van der Waals surface area contributed by atoms with Crippen molar-refractivity contribution in [3.05, 3.63) is 35.9 Å². The van der Waals surface area contributed by atoms with Gasteiger partial charge >= 0.3 is 0 Å². The molecule has 0 aromatic heterocycles. The molecule has 1 saturated heterocycles. The Morgan fingerprint density at radius 3 is 2.41 bits per heavy atom. The number of likely N-dealkylation sites (tertiary alicyclic amines) is 1. The fourth-order valence-electron chi connectivity index (χ4n) is 2.58. The van der Waals surface area contributed by atoms with Gasteiger partial charge in [0.25, 0.3) is 0 Å². The van der Waals surface area contributed by atoms with Crippen LogP contribution in [0.5, 0.6) is 0 Å². The maximum Gasteiger partial charge on any atom is 0.0767 e. The average Bonchev–Trinajstić information content (AvgIpc) is 2.41. The molecule has 17 heavy (non-hydrogen) atoms. The highest BCUT2D eigenvalue weighted by Gasteiger charge is 2.24. The van der Waals surface area contributed by atoms with Gasteiger partial charge in [-0.25, -0.2) is 0 Å². The summed E-state index contributed by atoms with van der Waals surface area (Å²) in [6, 6.07) is 10.4. The molecule has 0 bridgehead atoms. The van der Waals surface area contributed by atoms with Gasteiger partial charge in [-0.2, -0.15) is 0 Å². The van der Waals surface area contributed by atoms with Crippen molar-refractivity contribution in [3.63, 3.8) is 0 Å². The van der Waals surface area contributed by atoms with Crippen molar-refractivity contribution in [2.75, 3.05) is 13.1 Å². The average molecular weight is 232 g/mol. The minimum absolute atomic E-state index is 0.126. The summed E-state index contributed by atoms with van der Waals surface area (Å²) in [4.78, 5) is 2.41. The Balaban J connectivity index is 2.25. The lowest BCUT2D eigenvalue weighted by Crippen LogP contribution is -2.37. The summed E-state index contributed by atoms with van der Waals surface area (Å²) < 4.78 is 0. The zero-order chi connectivity index (χ0) is 12.1. The molecule has 3 heteroatoms. The number of oxime groups is 1. The highest BCUT2D eigenvalue weighted by molar-refractivity contribution is 5.87. The third-order valence-electron chi connectivity index (χ3n) is 3.42. The van der Waals surface area contributed by atoms with Crippen LogP contribution >= 0.6 is 0 Å². The lowest BCUT2D eigenvalue weighted by Gasteiger charge is -2.34. The largest absolute Gasteiger partial charge is 0.411 e. The predicted octanol–water partition coefficient (Wildman–Crippen LogP) is 3.06. The minimum Gasteiger partial charge on any atom is -0.411 e. The minimum atomic E-state index is 0.126. The molecule has 92 valence electrons. The Kier molecular flexibility index (Phi) is 4.15. The van der Waals surface area contributed by atoms with Crippen molar-refractivity contribution in [3.8, 4) is 0 Å². The van der Waals surface area contributed by atoms with Crippen LogP contribution in [0.4, 0.5) is 0 Å². The van der Waals surface area contributed by atoms with E-state index in [1.165, 1.54) is 24.8 Å². The van der Waals surface area contributed by atoms with Crippen LogP contribution in [-0.4, -0.2) is 28.9 Å². The normalized spacial score (nSPS) is 20.2. The van der Waals surface area contributed by atoms with Gasteiger partial charge in [0.15, 0.2) is 0 Å². The van der Waals surface area contributed by atoms with Crippen molar-refractivity contribution >= 4 is 5.71 Å². The zero-order valence-corrected chi connectivity index (χ0v) is 10.3. The second-order valence-electron chi connectivity index (χ2n) is 4.65. The van der Waals surface area contributed by atoms with Gasteiger partial charge in [0.1, 0.15) is 0 Å². The number of rotatable bonds is 3. The second kappa shape index (κ2) is 5.82. The van der Waals surface area contributed by atoms with Crippen LogP contribution in [0.2, 0.25) is 0 Å². The van der Waals surface area contributed by atoms with E-state index in [2.05, 4.69) is 22.2 Å². The molecular weight excluding hydrogens is 212 g/mol. The first-order valence-corrected chi connectivity index (χ1v) is 6.30. The zero-order valence-electron chi connectivity index (χ0n) is 10.3. The van der Waals surface area contributed by atoms with Gasteiger partial charge in [-0.05, 0) is 38.4 Å². The molecule has 2 rings (SSSR count). The standard InChI is InChI=1S/C14H20N2O/c1-12(15-17)14(13-8-4-2-5-9-13)16-10-6-3-7-11-16/h2,4-5,8-9,14,17H,3,6-7,10-11H2,1H3. The summed E-state index contributed by atoms with van der Waals surface area (Å²) in [7, 11) is 0. The van der Waals surface area contributed by atoms with Crippen molar-refractivity contribution < 1.29 is 5.21 Å². The third-order valence-corrected chi connectivity index (χ3v) is 3.42. The topological polar surface area (TPSA) is 35.8 Å². The Morgan fingerprint density at radius 1 is 1.18 bits per heavy atom. The van der Waals surface area contributed by atoms with E-state index in [1.54, 1.807) is 0 Å². The molecule has 1 aliphatic heterocycles. The Hall–Kier alpha value is -1.35. The number of hydrogen-bond acceptors (Lipinski definition) is 3. The van der Waals surface area contributed by atoms with Crippen LogP contribution in [0.15, 0.2) is 35.5 Å². The molecule has 0 radical (unpaired) electrons. The number of benzene rings is 1. The van der Waals surface area contributed by atoms with Crippen molar-refractivity contribution in [1.82, 2.24) is 4.90 Å². The van der Waals surface area contributed by atoms with E-state index < -0.39 is 0 Å². The monoisotopic (exact) mass is 232 g/mol. The molecular formula is C14H20N2O. The van der Waals surface area contributed by atoms with E-state index in [9.17, 15) is 0 Å². The molecule has 1 aromatic rings. The maximum atomic E-state index is 9.06. The number of hydrogen-bond donors (Lipinski definition) is 1. The van der Waals surface area contributed by atoms with E-state index in [-0.39, 0.29) is 6.04 Å². The van der Waals surface area contributed by atoms with Gasteiger partial charge < -0.3 is 5.21 Å².